The number of ketones is 2. The topological polar surface area (TPSA) is 139 Å². The lowest BCUT2D eigenvalue weighted by atomic mass is 9.35. The van der Waals surface area contributed by atoms with Crippen molar-refractivity contribution >= 4 is 35.4 Å². The van der Waals surface area contributed by atoms with E-state index in [1.807, 2.05) is 27.7 Å². The Morgan fingerprint density at radius 1 is 0.614 bits per heavy atom. The van der Waals surface area contributed by atoms with Crippen molar-refractivity contribution in [1.82, 2.24) is 0 Å². The highest BCUT2D eigenvalue weighted by Gasteiger charge is 2.90. The zero-order chi connectivity index (χ0) is 32.3. The molecule has 0 aromatic rings. The fourth-order valence-electron chi connectivity index (χ4n) is 9.46. The largest absolute Gasteiger partial charge is 0.468 e. The molecule has 8 aliphatic rings. The first-order valence-electron chi connectivity index (χ1n) is 14.5. The summed E-state index contributed by atoms with van der Waals surface area (Å²) in [5.41, 5.74) is -7.53. The molecule has 8 aliphatic carbocycles. The molecule has 0 N–H and O–H groups in total. The lowest BCUT2D eigenvalue weighted by Crippen LogP contribution is -2.70. The first-order valence-corrected chi connectivity index (χ1v) is 14.5. The predicted octanol–water partition coefficient (Wildman–Crippen LogP) is 2.95. The van der Waals surface area contributed by atoms with Crippen molar-refractivity contribution < 1.29 is 47.7 Å². The molecule has 2 spiro atoms. The predicted molar refractivity (Wildman–Crippen MR) is 153 cm³/mol. The van der Waals surface area contributed by atoms with Crippen molar-refractivity contribution in [2.75, 3.05) is 28.4 Å². The smallest absolute Gasteiger partial charge is 0.341 e. The molecule has 230 valence electrons. The Hall–Kier alpha value is -4.34. The highest BCUT2D eigenvalue weighted by molar-refractivity contribution is 6.33. The van der Waals surface area contributed by atoms with Crippen molar-refractivity contribution in [2.45, 2.75) is 27.7 Å². The van der Waals surface area contributed by atoms with Gasteiger partial charge in [0.2, 0.25) is 0 Å². The number of Topliss-reactive ketones (excluding diaryl/α,β-unsaturated/α-hetero) is 2. The van der Waals surface area contributed by atoms with Gasteiger partial charge in [0.25, 0.3) is 0 Å². The maximum absolute atomic E-state index is 15.1. The molecule has 4 bridgehead atoms. The summed E-state index contributed by atoms with van der Waals surface area (Å²) < 4.78 is 21.2. The molecule has 0 amide bonds. The van der Waals surface area contributed by atoms with Crippen molar-refractivity contribution in [3.63, 3.8) is 0 Å². The second-order valence-electron chi connectivity index (χ2n) is 12.7. The van der Waals surface area contributed by atoms with Crippen molar-refractivity contribution in [2.24, 2.45) is 45.3 Å². The summed E-state index contributed by atoms with van der Waals surface area (Å²) in [5, 5.41) is 0. The molecule has 0 unspecified atom stereocenters. The highest BCUT2D eigenvalue weighted by atomic mass is 16.5. The van der Waals surface area contributed by atoms with E-state index in [9.17, 15) is 19.2 Å². The van der Waals surface area contributed by atoms with Crippen LogP contribution in [0.5, 0.6) is 0 Å². The summed E-state index contributed by atoms with van der Waals surface area (Å²) in [4.78, 5) is 86.7. The Morgan fingerprint density at radius 2 is 0.955 bits per heavy atom. The molecule has 0 aliphatic heterocycles. The number of methoxy groups -OCH3 is 4. The molecule has 0 aromatic carbocycles. The van der Waals surface area contributed by atoms with Crippen LogP contribution in [0.15, 0.2) is 69.9 Å². The molecule has 10 nitrogen and oxygen atoms in total. The van der Waals surface area contributed by atoms with Gasteiger partial charge in [-0.05, 0) is 23.0 Å². The maximum Gasteiger partial charge on any atom is 0.341 e. The van der Waals surface area contributed by atoms with Crippen molar-refractivity contribution in [3.8, 4) is 0 Å². The van der Waals surface area contributed by atoms with Crippen LogP contribution in [0.25, 0.3) is 0 Å². The summed E-state index contributed by atoms with van der Waals surface area (Å²) >= 11 is 0. The van der Waals surface area contributed by atoms with Crippen LogP contribution in [-0.4, -0.2) is 63.9 Å². The zero-order valence-electron chi connectivity index (χ0n) is 25.9. The van der Waals surface area contributed by atoms with Crippen LogP contribution in [0.4, 0.5) is 0 Å². The molecule has 6 atom stereocenters. The third kappa shape index (κ3) is 2.63. The molecule has 10 heteroatoms. The molecule has 44 heavy (non-hydrogen) atoms. The molecule has 0 heterocycles. The first kappa shape index (κ1) is 29.7. The van der Waals surface area contributed by atoms with Gasteiger partial charge >= 0.3 is 23.9 Å². The van der Waals surface area contributed by atoms with Crippen LogP contribution in [0, 0.1) is 45.3 Å². The standard InChI is InChI=1S/C34H34O10/c1-15(2)17-13-21-23(27(37)41-5)26(36)34(30(40)44-8)20-10-12-32-22(14-18(20)16(3)4)24(28(38)42-6)25(35)33(32,29(39)43-7)19(17)9-11-31(21,32)34/h9-16,19-20H,1-8H3/t19-,20+,31-,32+,33+,34-. The van der Waals surface area contributed by atoms with E-state index in [0.717, 1.165) is 28.4 Å². The van der Waals surface area contributed by atoms with Crippen LogP contribution in [0.3, 0.4) is 0 Å². The quantitative estimate of drug-likeness (QED) is 0.147. The summed E-state index contributed by atoms with van der Waals surface area (Å²) in [5.74, 6) is -8.11. The van der Waals surface area contributed by atoms with E-state index in [0.29, 0.717) is 11.1 Å². The Kier molecular flexibility index (Phi) is 6.14. The van der Waals surface area contributed by atoms with Crippen LogP contribution >= 0.6 is 0 Å². The second-order valence-corrected chi connectivity index (χ2v) is 12.7. The summed E-state index contributed by atoms with van der Waals surface area (Å²) in [7, 11) is 4.59. The number of carbonyl (C=O) groups is 6. The van der Waals surface area contributed by atoms with Gasteiger partial charge in [-0.2, -0.15) is 0 Å². The molecule has 0 saturated heterocycles. The second kappa shape index (κ2) is 9.09. The third-order valence-electron chi connectivity index (χ3n) is 10.9. The number of hydrogen-bond donors (Lipinski definition) is 0. The molecule has 0 saturated carbocycles. The molecule has 0 radical (unpaired) electrons. The van der Waals surface area contributed by atoms with Gasteiger partial charge in [-0.15, -0.1) is 0 Å². The third-order valence-corrected chi connectivity index (χ3v) is 10.9. The average Bonchev–Trinajstić information content (AvgIpc) is 3.14. The van der Waals surface area contributed by atoms with E-state index in [2.05, 4.69) is 0 Å². The normalized spacial score (nSPS) is 35.5. The minimum Gasteiger partial charge on any atom is -0.468 e. The number of ether oxygens (including phenoxy) is 4. The molecule has 8 rings (SSSR count). The lowest BCUT2D eigenvalue weighted by molar-refractivity contribution is -0.185. The Morgan fingerprint density at radius 3 is 1.23 bits per heavy atom. The van der Waals surface area contributed by atoms with E-state index in [1.54, 1.807) is 36.5 Å². The Balaban J connectivity index is 2.00. The summed E-state index contributed by atoms with van der Waals surface area (Å²) in [6.45, 7) is 7.43. The number of esters is 4. The number of hydrogen-bond acceptors (Lipinski definition) is 10. The van der Waals surface area contributed by atoms with E-state index in [1.165, 1.54) is 0 Å². The van der Waals surface area contributed by atoms with Gasteiger partial charge in [0.1, 0.15) is 11.1 Å². The number of carbonyl (C=O) groups excluding carboxylic acids is 6. The minimum atomic E-state index is -2.19. The summed E-state index contributed by atoms with van der Waals surface area (Å²) in [6.07, 6.45) is 10.0. The molecule has 0 aromatic heterocycles. The fraction of sp³-hybridized carbons (Fsp3) is 0.471. The van der Waals surface area contributed by atoms with E-state index in [4.69, 9.17) is 18.9 Å². The van der Waals surface area contributed by atoms with Gasteiger partial charge in [0, 0.05) is 11.8 Å². The van der Waals surface area contributed by atoms with Crippen LogP contribution in [-0.2, 0) is 47.7 Å². The Bertz CT molecular complexity index is 1570. The number of allylic oxidation sites excluding steroid dienone is 10. The SMILES string of the molecule is COC(=O)C1=C2C=C(C(C)C)[C@H]3C=C[C@@]24[C@@](C(=O)OC)(C1=O)[C@H]1C=C[C@]42C(=C(C(=O)OC)C(=O)[C@]32C(=O)OC)C=C1C(C)C. The maximum atomic E-state index is 15.1. The van der Waals surface area contributed by atoms with Gasteiger partial charge in [-0.3, -0.25) is 19.2 Å². The van der Waals surface area contributed by atoms with Gasteiger partial charge < -0.3 is 18.9 Å². The van der Waals surface area contributed by atoms with Crippen molar-refractivity contribution in [1.29, 1.82) is 0 Å². The van der Waals surface area contributed by atoms with E-state index in [-0.39, 0.29) is 34.1 Å². The minimum absolute atomic E-state index is 0.136. The molecular formula is C34H34O10. The first-order chi connectivity index (χ1) is 20.8. The van der Waals surface area contributed by atoms with Crippen LogP contribution in [0.2, 0.25) is 0 Å². The van der Waals surface area contributed by atoms with E-state index < -0.39 is 68.9 Å². The van der Waals surface area contributed by atoms with E-state index >= 15 is 9.59 Å². The van der Waals surface area contributed by atoms with Crippen molar-refractivity contribution in [3.05, 3.63) is 69.9 Å². The zero-order valence-corrected chi connectivity index (χ0v) is 25.9. The number of rotatable bonds is 6. The monoisotopic (exact) mass is 602 g/mol. The van der Waals surface area contributed by atoms with Crippen LogP contribution < -0.4 is 0 Å². The lowest BCUT2D eigenvalue weighted by Gasteiger charge is -2.62. The summed E-state index contributed by atoms with van der Waals surface area (Å²) in [6, 6.07) is 0. The highest BCUT2D eigenvalue weighted by Crippen LogP contribution is 2.84. The van der Waals surface area contributed by atoms with Gasteiger partial charge in [0.05, 0.1) is 39.3 Å². The van der Waals surface area contributed by atoms with Gasteiger partial charge in [-0.25, -0.2) is 9.59 Å². The van der Waals surface area contributed by atoms with Gasteiger partial charge in [-0.1, -0.05) is 75.3 Å². The molecule has 0 fully saturated rings. The average molecular weight is 603 g/mol. The van der Waals surface area contributed by atoms with Crippen LogP contribution in [0.1, 0.15) is 27.7 Å². The van der Waals surface area contributed by atoms with Gasteiger partial charge in [0.15, 0.2) is 22.4 Å². The molecular weight excluding hydrogens is 568 g/mol. The Labute approximate surface area is 254 Å². The fourth-order valence-corrected chi connectivity index (χ4v) is 9.46.